The van der Waals surface area contributed by atoms with Gasteiger partial charge >= 0.3 is 0 Å². The van der Waals surface area contributed by atoms with Gasteiger partial charge in [-0.3, -0.25) is 0 Å². The zero-order valence-corrected chi connectivity index (χ0v) is 21.0. The molecule has 0 unspecified atom stereocenters. The summed E-state index contributed by atoms with van der Waals surface area (Å²) in [6.07, 6.45) is 3.35. The van der Waals surface area contributed by atoms with Crippen LogP contribution in [0.15, 0.2) is 42.5 Å². The smallest absolute Gasteiger partial charge is 0.215 e. The summed E-state index contributed by atoms with van der Waals surface area (Å²) in [5.74, 6) is 0. The van der Waals surface area contributed by atoms with Crippen molar-refractivity contribution in [3.63, 3.8) is 0 Å². The number of nitrogens with zero attached hydrogens (tertiary/aromatic N) is 3. The van der Waals surface area contributed by atoms with Gasteiger partial charge in [0.25, 0.3) is 0 Å². The number of pyridine rings is 1. The molecule has 6 nitrogen and oxygen atoms in total. The van der Waals surface area contributed by atoms with Crippen LogP contribution in [0.2, 0.25) is 0 Å². The molecule has 0 saturated carbocycles. The van der Waals surface area contributed by atoms with Gasteiger partial charge in [0.2, 0.25) is 11.0 Å². The van der Waals surface area contributed by atoms with E-state index >= 15 is 0 Å². The molecule has 0 aliphatic rings. The van der Waals surface area contributed by atoms with Gasteiger partial charge in [-0.25, -0.2) is 0 Å². The molecule has 0 saturated heterocycles. The van der Waals surface area contributed by atoms with Gasteiger partial charge < -0.3 is 26.2 Å². The topological polar surface area (TPSA) is 60.4 Å². The van der Waals surface area contributed by atoms with E-state index in [0.717, 1.165) is 58.7 Å². The monoisotopic (exact) mass is 467 g/mol. The first-order valence-electron chi connectivity index (χ1n) is 12.3. The lowest BCUT2D eigenvalue weighted by atomic mass is 10.1. The van der Waals surface area contributed by atoms with E-state index in [1.54, 1.807) is 0 Å². The van der Waals surface area contributed by atoms with Crippen LogP contribution < -0.4 is 25.8 Å². The number of anilines is 1. The van der Waals surface area contributed by atoms with Gasteiger partial charge in [-0.15, -0.1) is 0 Å². The van der Waals surface area contributed by atoms with E-state index in [9.17, 15) is 0 Å². The van der Waals surface area contributed by atoms with Gasteiger partial charge in [0.15, 0.2) is 6.54 Å². The Bertz CT molecular complexity index is 1020. The van der Waals surface area contributed by atoms with Crippen molar-refractivity contribution in [2.75, 3.05) is 65.8 Å². The molecule has 3 rings (SSSR count). The number of rotatable bonds is 14. The summed E-state index contributed by atoms with van der Waals surface area (Å²) in [5.41, 5.74) is 10.8. The van der Waals surface area contributed by atoms with Crippen molar-refractivity contribution in [3.05, 3.63) is 48.0 Å². The summed E-state index contributed by atoms with van der Waals surface area (Å²) >= 11 is 0. The number of hydrogen-bond donors (Lipinski definition) is 3. The molecule has 0 amide bonds. The average molecular weight is 468 g/mol. The molecular formula is C28H47N6+. The Hall–Kier alpha value is -2.25. The highest BCUT2D eigenvalue weighted by molar-refractivity contribution is 5.90. The van der Waals surface area contributed by atoms with Crippen LogP contribution in [0.3, 0.4) is 0 Å². The van der Waals surface area contributed by atoms with Crippen molar-refractivity contribution in [1.29, 1.82) is 0 Å². The Balaban J connectivity index is 0.00000408. The maximum absolute atomic E-state index is 5.60. The lowest BCUT2D eigenvalue weighted by molar-refractivity contribution is -0.645. The van der Waals surface area contributed by atoms with Crippen LogP contribution in [0.5, 0.6) is 0 Å². The number of hydrogen-bond acceptors (Lipinski definition) is 5. The molecular weight excluding hydrogens is 420 g/mol. The molecule has 1 heterocycles. The van der Waals surface area contributed by atoms with Gasteiger partial charge in [0.1, 0.15) is 0 Å². The van der Waals surface area contributed by atoms with Gasteiger partial charge in [-0.05, 0) is 82.9 Å². The molecule has 0 aliphatic carbocycles. The Morgan fingerprint density at radius 3 is 2.24 bits per heavy atom. The minimum absolute atomic E-state index is 0. The summed E-state index contributed by atoms with van der Waals surface area (Å²) in [6, 6.07) is 15.9. The van der Waals surface area contributed by atoms with Crippen LogP contribution in [0.1, 0.15) is 32.3 Å². The van der Waals surface area contributed by atoms with E-state index in [1.807, 2.05) is 7.05 Å². The van der Waals surface area contributed by atoms with Crippen molar-refractivity contribution in [3.8, 4) is 0 Å². The zero-order chi connectivity index (χ0) is 23.6. The Morgan fingerprint density at radius 1 is 0.853 bits per heavy atom. The third-order valence-electron chi connectivity index (χ3n) is 6.27. The normalized spacial score (nSPS) is 11.4. The fraction of sp³-hybridized carbons (Fsp3) is 0.536. The van der Waals surface area contributed by atoms with Crippen molar-refractivity contribution < 1.29 is 4.57 Å². The van der Waals surface area contributed by atoms with E-state index in [2.05, 4.69) is 88.6 Å². The number of aromatic nitrogens is 1. The second-order valence-electron chi connectivity index (χ2n) is 9.26. The van der Waals surface area contributed by atoms with Gasteiger partial charge in [-0.2, -0.15) is 4.57 Å². The molecule has 2 aromatic carbocycles. The van der Waals surface area contributed by atoms with Crippen molar-refractivity contribution in [2.45, 2.75) is 39.8 Å². The third kappa shape index (κ3) is 7.64. The van der Waals surface area contributed by atoms with Crippen LogP contribution in [0.25, 0.3) is 21.8 Å². The second kappa shape index (κ2) is 14.2. The minimum Gasteiger partial charge on any atom is -0.377 e. The highest BCUT2D eigenvalue weighted by Gasteiger charge is 2.17. The third-order valence-corrected chi connectivity index (χ3v) is 6.27. The molecule has 4 N–H and O–H groups in total. The largest absolute Gasteiger partial charge is 0.377 e. The maximum atomic E-state index is 5.60. The van der Waals surface area contributed by atoms with E-state index in [-0.39, 0.29) is 7.43 Å². The first-order chi connectivity index (χ1) is 16.0. The maximum Gasteiger partial charge on any atom is 0.215 e. The summed E-state index contributed by atoms with van der Waals surface area (Å²) < 4.78 is 2.51. The summed E-state index contributed by atoms with van der Waals surface area (Å²) in [6.45, 7) is 6.95. The predicted octanol–water partition coefficient (Wildman–Crippen LogP) is 3.35. The number of nitrogens with two attached hydrogens (primary N) is 1. The predicted molar refractivity (Wildman–Crippen MR) is 149 cm³/mol. The van der Waals surface area contributed by atoms with Crippen molar-refractivity contribution >= 4 is 27.5 Å². The zero-order valence-electron chi connectivity index (χ0n) is 21.0. The summed E-state index contributed by atoms with van der Waals surface area (Å²) in [4.78, 5) is 4.55. The molecule has 0 spiro atoms. The molecule has 0 atom stereocenters. The van der Waals surface area contributed by atoms with Crippen LogP contribution in [-0.2, 0) is 13.1 Å². The van der Waals surface area contributed by atoms with E-state index in [4.69, 9.17) is 5.73 Å². The van der Waals surface area contributed by atoms with Gasteiger partial charge in [-0.1, -0.05) is 13.5 Å². The Kier molecular flexibility index (Phi) is 11.7. The number of benzene rings is 2. The first kappa shape index (κ1) is 28.0. The van der Waals surface area contributed by atoms with Crippen LogP contribution in [0.4, 0.5) is 5.69 Å². The van der Waals surface area contributed by atoms with Crippen LogP contribution >= 0.6 is 0 Å². The fourth-order valence-electron chi connectivity index (χ4n) is 4.40. The number of fused-ring (bicyclic) bond motifs is 2. The molecule has 0 aliphatic heterocycles. The molecule has 0 bridgehead atoms. The second-order valence-corrected chi connectivity index (χ2v) is 9.26. The lowest BCUT2D eigenvalue weighted by Crippen LogP contribution is -2.37. The SMILES string of the molecule is C.CNCc1ccc2cc3ccc(N(C)C)cc3[n+](CCCNCCCN(C)CCCN)c2c1. The number of aryl methyl sites for hydroxylation is 1. The molecule has 188 valence electrons. The summed E-state index contributed by atoms with van der Waals surface area (Å²) in [5, 5.41) is 9.52. The molecule has 0 radical (unpaired) electrons. The molecule has 1 aromatic heterocycles. The molecule has 6 heteroatoms. The van der Waals surface area contributed by atoms with E-state index in [1.165, 1.54) is 39.5 Å². The minimum atomic E-state index is 0. The lowest BCUT2D eigenvalue weighted by Gasteiger charge is -2.16. The van der Waals surface area contributed by atoms with E-state index in [0.29, 0.717) is 0 Å². The Morgan fingerprint density at radius 2 is 1.53 bits per heavy atom. The van der Waals surface area contributed by atoms with Crippen molar-refractivity contribution in [2.24, 2.45) is 5.73 Å². The highest BCUT2D eigenvalue weighted by atomic mass is 15.1. The quantitative estimate of drug-likeness (QED) is 0.193. The summed E-state index contributed by atoms with van der Waals surface area (Å²) in [7, 11) is 8.40. The number of nitrogens with one attached hydrogen (secondary N) is 2. The highest BCUT2D eigenvalue weighted by Crippen LogP contribution is 2.23. The standard InChI is InChI=1S/C27H43N6.CH4/c1-29-21-22-8-9-23-19-24-10-11-25(31(2)3)20-27(24)33(26(23)18-22)17-7-14-30-13-6-16-32(4)15-5-12-28;/h8-11,18-20,29-30H,5-7,12-17,21,28H2,1-4H3;1H4/q+1;. The molecule has 3 aromatic rings. The van der Waals surface area contributed by atoms with Crippen LogP contribution in [-0.4, -0.2) is 65.8 Å². The van der Waals surface area contributed by atoms with Crippen molar-refractivity contribution in [1.82, 2.24) is 15.5 Å². The van der Waals surface area contributed by atoms with Crippen LogP contribution in [0, 0.1) is 0 Å². The molecule has 34 heavy (non-hydrogen) atoms. The fourth-order valence-corrected chi connectivity index (χ4v) is 4.40. The molecule has 0 fully saturated rings. The first-order valence-corrected chi connectivity index (χ1v) is 12.3. The van der Waals surface area contributed by atoms with Gasteiger partial charge in [0.05, 0.1) is 0 Å². The average Bonchev–Trinajstić information content (AvgIpc) is 2.81. The van der Waals surface area contributed by atoms with Gasteiger partial charge in [0, 0.05) is 62.2 Å². The van der Waals surface area contributed by atoms with E-state index < -0.39 is 0 Å². The Labute approximate surface area is 207 Å².